The molecule has 24 heavy (non-hydrogen) atoms. The number of carboxylic acids is 1. The molecule has 1 amide bonds. The van der Waals surface area contributed by atoms with Gasteiger partial charge in [-0.1, -0.05) is 19.9 Å². The molecule has 0 saturated carbocycles. The van der Waals surface area contributed by atoms with E-state index in [-0.39, 0.29) is 6.42 Å². The second-order valence-corrected chi connectivity index (χ2v) is 7.32. The van der Waals surface area contributed by atoms with Crippen LogP contribution in [0.1, 0.15) is 46.7 Å². The van der Waals surface area contributed by atoms with E-state index in [0.717, 1.165) is 0 Å². The zero-order valence-corrected chi connectivity index (χ0v) is 14.6. The van der Waals surface area contributed by atoms with Gasteiger partial charge in [0.1, 0.15) is 17.1 Å². The van der Waals surface area contributed by atoms with E-state index < -0.39 is 23.1 Å². The maximum absolute atomic E-state index is 12.2. The second-order valence-electron chi connectivity index (χ2n) is 7.32. The number of aliphatic carboxylic acids is 1. The standard InChI is InChI=1S/C17H23N3O4/c1-16(2,3)24-15(23)19-14-13(17(4,5)10-12(21)22)18-11-8-6-7-9-20(11)14/h6-9H,10H2,1-5H3,(H,19,23)(H,21,22). The highest BCUT2D eigenvalue weighted by atomic mass is 16.6. The minimum Gasteiger partial charge on any atom is -0.481 e. The molecule has 0 aliphatic carbocycles. The molecule has 0 radical (unpaired) electrons. The van der Waals surface area contributed by atoms with Crippen LogP contribution in [0.2, 0.25) is 0 Å². The molecule has 0 atom stereocenters. The summed E-state index contributed by atoms with van der Waals surface area (Å²) < 4.78 is 7.01. The molecule has 130 valence electrons. The van der Waals surface area contributed by atoms with E-state index in [1.54, 1.807) is 51.3 Å². The van der Waals surface area contributed by atoms with Gasteiger partial charge in [-0.15, -0.1) is 0 Å². The van der Waals surface area contributed by atoms with Crippen LogP contribution >= 0.6 is 0 Å². The van der Waals surface area contributed by atoms with Gasteiger partial charge in [-0.2, -0.15) is 0 Å². The lowest BCUT2D eigenvalue weighted by Gasteiger charge is -2.23. The molecule has 2 aromatic heterocycles. The van der Waals surface area contributed by atoms with Crippen molar-refractivity contribution in [2.75, 3.05) is 5.32 Å². The molecule has 2 rings (SSSR count). The molecule has 0 aromatic carbocycles. The number of amides is 1. The van der Waals surface area contributed by atoms with Gasteiger partial charge in [0.15, 0.2) is 0 Å². The first-order valence-electron chi connectivity index (χ1n) is 7.69. The number of anilines is 1. The number of carbonyl (C=O) groups excluding carboxylic acids is 1. The van der Waals surface area contributed by atoms with Gasteiger partial charge in [0, 0.05) is 11.6 Å². The summed E-state index contributed by atoms with van der Waals surface area (Å²) in [6, 6.07) is 5.43. The number of rotatable bonds is 4. The SMILES string of the molecule is CC(C)(C)OC(=O)Nc1c(C(C)(C)CC(=O)O)nc2ccccn12. The number of ether oxygens (including phenoxy) is 1. The number of pyridine rings is 1. The lowest BCUT2D eigenvalue weighted by atomic mass is 9.85. The summed E-state index contributed by atoms with van der Waals surface area (Å²) in [5.41, 5.74) is -0.275. The van der Waals surface area contributed by atoms with E-state index in [4.69, 9.17) is 9.84 Å². The van der Waals surface area contributed by atoms with Crippen molar-refractivity contribution >= 4 is 23.5 Å². The molecule has 7 nitrogen and oxygen atoms in total. The van der Waals surface area contributed by atoms with Crippen molar-refractivity contribution in [2.24, 2.45) is 0 Å². The Hall–Kier alpha value is -2.57. The highest BCUT2D eigenvalue weighted by Crippen LogP contribution is 2.33. The van der Waals surface area contributed by atoms with Crippen LogP contribution in [0.15, 0.2) is 24.4 Å². The van der Waals surface area contributed by atoms with Crippen LogP contribution in [0.4, 0.5) is 10.6 Å². The van der Waals surface area contributed by atoms with E-state index in [1.807, 2.05) is 12.1 Å². The summed E-state index contributed by atoms with van der Waals surface area (Å²) >= 11 is 0. The Morgan fingerprint density at radius 1 is 1.25 bits per heavy atom. The lowest BCUT2D eigenvalue weighted by molar-refractivity contribution is -0.138. The van der Waals surface area contributed by atoms with Crippen LogP contribution in [-0.4, -0.2) is 32.2 Å². The van der Waals surface area contributed by atoms with Gasteiger partial charge in [-0.05, 0) is 32.9 Å². The van der Waals surface area contributed by atoms with Crippen LogP contribution in [0.5, 0.6) is 0 Å². The third-order valence-corrected chi connectivity index (χ3v) is 3.38. The summed E-state index contributed by atoms with van der Waals surface area (Å²) in [6.45, 7) is 8.88. The van der Waals surface area contributed by atoms with E-state index in [9.17, 15) is 9.59 Å². The number of imidazole rings is 1. The van der Waals surface area contributed by atoms with Crippen molar-refractivity contribution in [1.29, 1.82) is 0 Å². The van der Waals surface area contributed by atoms with Crippen molar-refractivity contribution in [3.05, 3.63) is 30.1 Å². The number of aromatic nitrogens is 2. The monoisotopic (exact) mass is 333 g/mol. The van der Waals surface area contributed by atoms with Crippen molar-refractivity contribution in [3.8, 4) is 0 Å². The molecule has 0 aliphatic heterocycles. The Labute approximate surface area is 140 Å². The molecular formula is C17H23N3O4. The molecule has 0 saturated heterocycles. The molecule has 0 fully saturated rings. The van der Waals surface area contributed by atoms with Gasteiger partial charge in [0.05, 0.1) is 12.1 Å². The lowest BCUT2D eigenvalue weighted by Crippen LogP contribution is -2.29. The average molecular weight is 333 g/mol. The fourth-order valence-corrected chi connectivity index (χ4v) is 2.45. The van der Waals surface area contributed by atoms with Crippen molar-refractivity contribution in [3.63, 3.8) is 0 Å². The average Bonchev–Trinajstić information content (AvgIpc) is 2.75. The number of fused-ring (bicyclic) bond motifs is 1. The molecule has 2 heterocycles. The first-order valence-corrected chi connectivity index (χ1v) is 7.69. The van der Waals surface area contributed by atoms with Gasteiger partial charge >= 0.3 is 12.1 Å². The van der Waals surface area contributed by atoms with Gasteiger partial charge in [-0.25, -0.2) is 9.78 Å². The number of carbonyl (C=O) groups is 2. The highest BCUT2D eigenvalue weighted by molar-refractivity contribution is 5.86. The number of nitrogens with one attached hydrogen (secondary N) is 1. The maximum atomic E-state index is 12.2. The summed E-state index contributed by atoms with van der Waals surface area (Å²) in [5.74, 6) is -0.508. The van der Waals surface area contributed by atoms with Crippen LogP contribution in [0.25, 0.3) is 5.65 Å². The number of hydrogen-bond acceptors (Lipinski definition) is 4. The maximum Gasteiger partial charge on any atom is 0.413 e. The van der Waals surface area contributed by atoms with Crippen LogP contribution in [0, 0.1) is 0 Å². The van der Waals surface area contributed by atoms with Crippen LogP contribution < -0.4 is 5.32 Å². The normalized spacial score (nSPS) is 12.2. The summed E-state index contributed by atoms with van der Waals surface area (Å²) in [7, 11) is 0. The van der Waals surface area contributed by atoms with E-state index >= 15 is 0 Å². The van der Waals surface area contributed by atoms with Gasteiger partial charge < -0.3 is 9.84 Å². The third kappa shape index (κ3) is 4.04. The second kappa shape index (κ2) is 6.14. The minimum atomic E-state index is -0.930. The topological polar surface area (TPSA) is 92.9 Å². The molecule has 2 aromatic rings. The molecule has 0 bridgehead atoms. The number of nitrogens with zero attached hydrogens (tertiary/aromatic N) is 2. The quantitative estimate of drug-likeness (QED) is 0.894. The Balaban J connectivity index is 2.48. The fraction of sp³-hybridized carbons (Fsp3) is 0.471. The van der Waals surface area contributed by atoms with Crippen LogP contribution in [-0.2, 0) is 14.9 Å². The van der Waals surface area contributed by atoms with Crippen molar-refractivity contribution < 1.29 is 19.4 Å². The predicted molar refractivity (Wildman–Crippen MR) is 90.3 cm³/mol. The molecule has 0 aliphatic rings. The van der Waals surface area contributed by atoms with Crippen LogP contribution in [0.3, 0.4) is 0 Å². The third-order valence-electron chi connectivity index (χ3n) is 3.38. The smallest absolute Gasteiger partial charge is 0.413 e. The number of hydrogen-bond donors (Lipinski definition) is 2. The zero-order chi connectivity index (χ0) is 18.1. The first kappa shape index (κ1) is 17.8. The Kier molecular flexibility index (Phi) is 4.55. The van der Waals surface area contributed by atoms with E-state index in [1.165, 1.54) is 0 Å². The molecule has 7 heteroatoms. The fourth-order valence-electron chi connectivity index (χ4n) is 2.45. The van der Waals surface area contributed by atoms with E-state index in [0.29, 0.717) is 17.2 Å². The van der Waals surface area contributed by atoms with E-state index in [2.05, 4.69) is 10.3 Å². The molecular weight excluding hydrogens is 310 g/mol. The predicted octanol–water partition coefficient (Wildman–Crippen LogP) is 3.43. The molecule has 0 unspecified atom stereocenters. The molecule has 0 spiro atoms. The van der Waals surface area contributed by atoms with Gasteiger partial charge in [0.25, 0.3) is 0 Å². The van der Waals surface area contributed by atoms with Crippen molar-refractivity contribution in [1.82, 2.24) is 9.38 Å². The Bertz CT molecular complexity index is 772. The molecule has 2 N–H and O–H groups in total. The Morgan fingerprint density at radius 2 is 1.92 bits per heavy atom. The Morgan fingerprint density at radius 3 is 2.50 bits per heavy atom. The van der Waals surface area contributed by atoms with Gasteiger partial charge in [-0.3, -0.25) is 14.5 Å². The number of carboxylic acid groups (broad SMARTS) is 1. The summed E-state index contributed by atoms with van der Waals surface area (Å²) in [6.07, 6.45) is 1.04. The largest absolute Gasteiger partial charge is 0.481 e. The van der Waals surface area contributed by atoms with Gasteiger partial charge in [0.2, 0.25) is 0 Å². The zero-order valence-electron chi connectivity index (χ0n) is 14.6. The highest BCUT2D eigenvalue weighted by Gasteiger charge is 2.32. The summed E-state index contributed by atoms with van der Waals surface area (Å²) in [4.78, 5) is 27.9. The minimum absolute atomic E-state index is 0.111. The van der Waals surface area contributed by atoms with Crippen molar-refractivity contribution in [2.45, 2.75) is 52.1 Å². The summed E-state index contributed by atoms with van der Waals surface area (Å²) in [5, 5.41) is 11.9. The first-order chi connectivity index (χ1) is 11.0.